The molecule has 6 nitrogen and oxygen atoms in total. The molecule has 0 bridgehead atoms. The number of carbonyl (C=O) groups excluding carboxylic acids is 1. The lowest BCUT2D eigenvalue weighted by molar-refractivity contribution is 0.0697. The van der Waals surface area contributed by atoms with Gasteiger partial charge in [-0.05, 0) is 24.3 Å². The third-order valence-electron chi connectivity index (χ3n) is 2.61. The van der Waals surface area contributed by atoms with E-state index in [0.29, 0.717) is 12.2 Å². The summed E-state index contributed by atoms with van der Waals surface area (Å²) in [4.78, 5) is 28.3. The zero-order valence-electron chi connectivity index (χ0n) is 10.7. The second-order valence-electron chi connectivity index (χ2n) is 4.15. The molecule has 0 saturated carbocycles. The standard InChI is InChI=1S/C13H13N3O3S/c1-16(6-11-7-20-8-14-11)13(19)15-10-4-2-9(3-5-10)12(17)18/h2-5,7-8H,6H2,1H3,(H,15,19)(H,17,18). The fraction of sp³-hybridized carbons (Fsp3) is 0.154. The summed E-state index contributed by atoms with van der Waals surface area (Å²) < 4.78 is 0. The number of anilines is 1. The summed E-state index contributed by atoms with van der Waals surface area (Å²) in [5, 5.41) is 13.4. The predicted molar refractivity (Wildman–Crippen MR) is 76.0 cm³/mol. The molecule has 0 aliphatic heterocycles. The van der Waals surface area contributed by atoms with Gasteiger partial charge in [-0.15, -0.1) is 11.3 Å². The summed E-state index contributed by atoms with van der Waals surface area (Å²) >= 11 is 1.48. The van der Waals surface area contributed by atoms with Gasteiger partial charge in [0.05, 0.1) is 23.3 Å². The maximum Gasteiger partial charge on any atom is 0.335 e. The highest BCUT2D eigenvalue weighted by Gasteiger charge is 2.10. The number of rotatable bonds is 4. The van der Waals surface area contributed by atoms with Crippen molar-refractivity contribution in [1.29, 1.82) is 0 Å². The molecule has 104 valence electrons. The number of benzene rings is 1. The van der Waals surface area contributed by atoms with Crippen LogP contribution in [0.25, 0.3) is 0 Å². The van der Waals surface area contributed by atoms with Gasteiger partial charge < -0.3 is 15.3 Å². The van der Waals surface area contributed by atoms with Gasteiger partial charge in [-0.25, -0.2) is 14.6 Å². The highest BCUT2D eigenvalue weighted by atomic mass is 32.1. The van der Waals surface area contributed by atoms with E-state index in [9.17, 15) is 9.59 Å². The highest BCUT2D eigenvalue weighted by Crippen LogP contribution is 2.11. The van der Waals surface area contributed by atoms with E-state index in [4.69, 9.17) is 5.11 Å². The minimum atomic E-state index is -0.997. The van der Waals surface area contributed by atoms with Crippen molar-refractivity contribution in [3.8, 4) is 0 Å². The molecule has 0 fully saturated rings. The topological polar surface area (TPSA) is 82.5 Å². The van der Waals surface area contributed by atoms with Crippen LogP contribution in [0.1, 0.15) is 16.1 Å². The Kier molecular flexibility index (Phi) is 4.31. The lowest BCUT2D eigenvalue weighted by Crippen LogP contribution is -2.30. The molecule has 20 heavy (non-hydrogen) atoms. The third-order valence-corrected chi connectivity index (χ3v) is 3.25. The van der Waals surface area contributed by atoms with Gasteiger partial charge in [0, 0.05) is 18.1 Å². The van der Waals surface area contributed by atoms with Crippen LogP contribution in [-0.2, 0) is 6.54 Å². The number of aromatic carboxylic acids is 1. The number of urea groups is 1. The van der Waals surface area contributed by atoms with Crippen LogP contribution in [0.3, 0.4) is 0 Å². The molecule has 0 spiro atoms. The van der Waals surface area contributed by atoms with Gasteiger partial charge in [-0.1, -0.05) is 0 Å². The Morgan fingerprint density at radius 1 is 1.35 bits per heavy atom. The minimum Gasteiger partial charge on any atom is -0.478 e. The predicted octanol–water partition coefficient (Wildman–Crippen LogP) is 2.51. The van der Waals surface area contributed by atoms with Crippen molar-refractivity contribution < 1.29 is 14.7 Å². The summed E-state index contributed by atoms with van der Waals surface area (Å²) in [5.41, 5.74) is 3.27. The normalized spacial score (nSPS) is 10.1. The van der Waals surface area contributed by atoms with E-state index in [1.54, 1.807) is 24.7 Å². The molecular formula is C13H13N3O3S. The van der Waals surface area contributed by atoms with Gasteiger partial charge in [0.1, 0.15) is 0 Å². The van der Waals surface area contributed by atoms with E-state index in [2.05, 4.69) is 10.3 Å². The van der Waals surface area contributed by atoms with E-state index in [1.807, 2.05) is 5.38 Å². The molecule has 0 aliphatic rings. The Morgan fingerprint density at radius 2 is 2.05 bits per heavy atom. The van der Waals surface area contributed by atoms with Crippen molar-refractivity contribution in [3.05, 3.63) is 46.4 Å². The number of carbonyl (C=O) groups is 2. The lowest BCUT2D eigenvalue weighted by atomic mass is 10.2. The smallest absolute Gasteiger partial charge is 0.335 e. The van der Waals surface area contributed by atoms with Crippen molar-refractivity contribution in [2.45, 2.75) is 6.54 Å². The van der Waals surface area contributed by atoms with Gasteiger partial charge in [-0.2, -0.15) is 0 Å². The van der Waals surface area contributed by atoms with E-state index >= 15 is 0 Å². The highest BCUT2D eigenvalue weighted by molar-refractivity contribution is 7.07. The summed E-state index contributed by atoms with van der Waals surface area (Å²) in [6.07, 6.45) is 0. The molecule has 1 aromatic heterocycles. The van der Waals surface area contributed by atoms with Crippen LogP contribution >= 0.6 is 11.3 Å². The number of nitrogens with zero attached hydrogens (tertiary/aromatic N) is 2. The molecule has 1 aromatic carbocycles. The monoisotopic (exact) mass is 291 g/mol. The molecule has 0 aliphatic carbocycles. The summed E-state index contributed by atoms with van der Waals surface area (Å²) in [5.74, 6) is -0.997. The van der Waals surface area contributed by atoms with Crippen LogP contribution in [0.2, 0.25) is 0 Å². The number of amides is 2. The zero-order chi connectivity index (χ0) is 14.5. The quantitative estimate of drug-likeness (QED) is 0.906. The SMILES string of the molecule is CN(Cc1cscn1)C(=O)Nc1ccc(C(=O)O)cc1. The third kappa shape index (κ3) is 3.55. The molecule has 0 atom stereocenters. The number of carboxylic acids is 1. The van der Waals surface area contributed by atoms with Gasteiger partial charge >= 0.3 is 12.0 Å². The summed E-state index contributed by atoms with van der Waals surface area (Å²) in [6.45, 7) is 0.419. The Hall–Kier alpha value is -2.41. The first kappa shape index (κ1) is 14.0. The average molecular weight is 291 g/mol. The van der Waals surface area contributed by atoms with Crippen LogP contribution in [0.5, 0.6) is 0 Å². The second kappa shape index (κ2) is 6.16. The molecule has 2 rings (SSSR count). The first-order valence-corrected chi connectivity index (χ1v) is 6.73. The Balaban J connectivity index is 1.95. The fourth-order valence-electron chi connectivity index (χ4n) is 1.55. The van der Waals surface area contributed by atoms with Gasteiger partial charge in [-0.3, -0.25) is 0 Å². The fourth-order valence-corrected chi connectivity index (χ4v) is 2.10. The van der Waals surface area contributed by atoms with E-state index in [-0.39, 0.29) is 11.6 Å². The van der Waals surface area contributed by atoms with E-state index < -0.39 is 5.97 Å². The van der Waals surface area contributed by atoms with Crippen molar-refractivity contribution in [1.82, 2.24) is 9.88 Å². The average Bonchev–Trinajstić information content (AvgIpc) is 2.92. The van der Waals surface area contributed by atoms with Crippen molar-refractivity contribution in [3.63, 3.8) is 0 Å². The molecule has 2 aromatic rings. The molecule has 2 amide bonds. The Labute approximate surface area is 119 Å². The molecule has 2 N–H and O–H groups in total. The lowest BCUT2D eigenvalue weighted by Gasteiger charge is -2.16. The largest absolute Gasteiger partial charge is 0.478 e. The van der Waals surface area contributed by atoms with Crippen LogP contribution in [0, 0.1) is 0 Å². The summed E-state index contributed by atoms with van der Waals surface area (Å²) in [7, 11) is 1.67. The van der Waals surface area contributed by atoms with Gasteiger partial charge in [0.15, 0.2) is 0 Å². The number of nitrogens with one attached hydrogen (secondary N) is 1. The van der Waals surface area contributed by atoms with Crippen LogP contribution in [-0.4, -0.2) is 34.0 Å². The minimum absolute atomic E-state index is 0.179. The first-order valence-electron chi connectivity index (χ1n) is 5.79. The molecule has 0 saturated heterocycles. The van der Waals surface area contributed by atoms with E-state index in [0.717, 1.165) is 5.69 Å². The number of carboxylic acid groups (broad SMARTS) is 1. The first-order chi connectivity index (χ1) is 9.56. The number of hydrogen-bond acceptors (Lipinski definition) is 4. The van der Waals surface area contributed by atoms with Crippen molar-refractivity contribution in [2.75, 3.05) is 12.4 Å². The maximum absolute atomic E-state index is 11.9. The van der Waals surface area contributed by atoms with Crippen molar-refractivity contribution in [2.24, 2.45) is 0 Å². The molecule has 7 heteroatoms. The molecule has 0 unspecified atom stereocenters. The number of thiazole rings is 1. The van der Waals surface area contributed by atoms with Crippen LogP contribution < -0.4 is 5.32 Å². The second-order valence-corrected chi connectivity index (χ2v) is 4.87. The Morgan fingerprint density at radius 3 is 2.60 bits per heavy atom. The number of aromatic nitrogens is 1. The molecule has 0 radical (unpaired) electrons. The maximum atomic E-state index is 11.9. The van der Waals surface area contributed by atoms with Crippen LogP contribution in [0.4, 0.5) is 10.5 Å². The summed E-state index contributed by atoms with van der Waals surface area (Å²) in [6, 6.07) is 5.72. The van der Waals surface area contributed by atoms with E-state index in [1.165, 1.54) is 28.4 Å². The van der Waals surface area contributed by atoms with Gasteiger partial charge in [0.25, 0.3) is 0 Å². The zero-order valence-corrected chi connectivity index (χ0v) is 11.6. The number of hydrogen-bond donors (Lipinski definition) is 2. The Bertz CT molecular complexity index is 596. The molecular weight excluding hydrogens is 278 g/mol. The van der Waals surface area contributed by atoms with Crippen LogP contribution in [0.15, 0.2) is 35.2 Å². The van der Waals surface area contributed by atoms with Gasteiger partial charge in [0.2, 0.25) is 0 Å². The molecule has 1 heterocycles. The van der Waals surface area contributed by atoms with Crippen molar-refractivity contribution >= 4 is 29.0 Å².